The van der Waals surface area contributed by atoms with E-state index in [9.17, 15) is 4.79 Å². The minimum Gasteiger partial charge on any atom is -0.484 e. The zero-order chi connectivity index (χ0) is 20.8. The summed E-state index contributed by atoms with van der Waals surface area (Å²) in [6.07, 6.45) is 0. The summed E-state index contributed by atoms with van der Waals surface area (Å²) in [7, 11) is 0. The second-order valence-electron chi connectivity index (χ2n) is 7.19. The first-order valence-electron chi connectivity index (χ1n) is 9.45. The Morgan fingerprint density at radius 2 is 1.79 bits per heavy atom. The van der Waals surface area contributed by atoms with Crippen LogP contribution >= 0.6 is 11.8 Å². The third kappa shape index (κ3) is 6.35. The summed E-state index contributed by atoms with van der Waals surface area (Å²) in [5.41, 5.74) is 4.26. The number of carbonyl (C=O) groups excluding carboxylic acids is 1. The van der Waals surface area contributed by atoms with Crippen molar-refractivity contribution in [3.8, 4) is 5.75 Å². The maximum atomic E-state index is 12.2. The summed E-state index contributed by atoms with van der Waals surface area (Å²) < 4.78 is 11.2. The van der Waals surface area contributed by atoms with Crippen molar-refractivity contribution in [1.82, 2.24) is 10.2 Å². The van der Waals surface area contributed by atoms with Crippen LogP contribution in [0.2, 0.25) is 0 Å². The maximum Gasteiger partial charge on any atom is 0.277 e. The van der Waals surface area contributed by atoms with Crippen LogP contribution in [0.5, 0.6) is 5.75 Å². The second-order valence-corrected chi connectivity index (χ2v) is 8.11. The van der Waals surface area contributed by atoms with Crippen LogP contribution in [0.25, 0.3) is 0 Å². The minimum atomic E-state index is -0.124. The molecular weight excluding hydrogens is 386 g/mol. The Bertz CT molecular complexity index is 947. The van der Waals surface area contributed by atoms with Crippen LogP contribution in [-0.2, 0) is 11.4 Å². The van der Waals surface area contributed by atoms with Gasteiger partial charge in [-0.1, -0.05) is 43.8 Å². The van der Waals surface area contributed by atoms with Crippen molar-refractivity contribution in [2.45, 2.75) is 45.4 Å². The van der Waals surface area contributed by atoms with E-state index >= 15 is 0 Å². The van der Waals surface area contributed by atoms with Gasteiger partial charge in [-0.15, -0.1) is 10.2 Å². The molecule has 0 aliphatic carbocycles. The number of aromatic nitrogens is 2. The SMILES string of the molecule is Cc1cc(C)cc(NC(=O)CSc2nnc(COc3ccc(C(C)C)cc3)o2)c1. The molecule has 7 heteroatoms. The van der Waals surface area contributed by atoms with Crippen LogP contribution < -0.4 is 10.1 Å². The lowest BCUT2D eigenvalue weighted by Gasteiger charge is -2.07. The number of amides is 1. The molecule has 0 fully saturated rings. The molecule has 1 amide bonds. The van der Waals surface area contributed by atoms with Gasteiger partial charge in [-0.05, 0) is 60.7 Å². The van der Waals surface area contributed by atoms with Crippen molar-refractivity contribution in [3.63, 3.8) is 0 Å². The summed E-state index contributed by atoms with van der Waals surface area (Å²) in [6.45, 7) is 8.48. The van der Waals surface area contributed by atoms with Crippen molar-refractivity contribution >= 4 is 23.4 Å². The Hall–Kier alpha value is -2.80. The molecule has 1 N–H and O–H groups in total. The molecule has 3 aromatic rings. The summed E-state index contributed by atoms with van der Waals surface area (Å²) >= 11 is 1.20. The Morgan fingerprint density at radius 1 is 1.10 bits per heavy atom. The van der Waals surface area contributed by atoms with Crippen LogP contribution in [0.1, 0.15) is 42.3 Å². The van der Waals surface area contributed by atoms with Gasteiger partial charge in [-0.25, -0.2) is 0 Å². The van der Waals surface area contributed by atoms with E-state index in [1.54, 1.807) is 0 Å². The number of carbonyl (C=O) groups is 1. The lowest BCUT2D eigenvalue weighted by molar-refractivity contribution is -0.113. The molecule has 2 aromatic carbocycles. The molecule has 1 heterocycles. The van der Waals surface area contributed by atoms with Gasteiger partial charge in [0.15, 0.2) is 6.61 Å². The first-order valence-corrected chi connectivity index (χ1v) is 10.4. The molecule has 0 unspecified atom stereocenters. The molecule has 0 spiro atoms. The molecule has 1 aromatic heterocycles. The predicted octanol–water partition coefficient (Wildman–Crippen LogP) is 5.12. The standard InChI is InChI=1S/C22H25N3O3S/c1-14(2)17-5-7-19(8-6-17)27-12-21-24-25-22(28-21)29-13-20(26)23-18-10-15(3)9-16(4)11-18/h5-11,14H,12-13H2,1-4H3,(H,23,26). The number of hydrogen-bond donors (Lipinski definition) is 1. The number of ether oxygens (including phenoxy) is 1. The topological polar surface area (TPSA) is 77.2 Å². The average Bonchev–Trinajstić information content (AvgIpc) is 3.12. The lowest BCUT2D eigenvalue weighted by atomic mass is 10.0. The van der Waals surface area contributed by atoms with Crippen LogP contribution in [-0.4, -0.2) is 21.9 Å². The number of benzene rings is 2. The molecule has 3 rings (SSSR count). The molecule has 0 bridgehead atoms. The van der Waals surface area contributed by atoms with Gasteiger partial charge in [0.25, 0.3) is 11.1 Å². The monoisotopic (exact) mass is 411 g/mol. The van der Waals surface area contributed by atoms with Gasteiger partial charge in [-0.3, -0.25) is 4.79 Å². The number of nitrogens with zero attached hydrogens (tertiary/aromatic N) is 2. The van der Waals surface area contributed by atoms with Crippen LogP contribution in [0, 0.1) is 13.8 Å². The molecule has 0 aliphatic rings. The predicted molar refractivity (Wildman–Crippen MR) is 114 cm³/mol. The van der Waals surface area contributed by atoms with Crippen molar-refractivity contribution < 1.29 is 13.9 Å². The smallest absolute Gasteiger partial charge is 0.277 e. The van der Waals surface area contributed by atoms with Crippen molar-refractivity contribution in [1.29, 1.82) is 0 Å². The molecule has 0 atom stereocenters. The molecular formula is C22H25N3O3S. The number of rotatable bonds is 8. The summed E-state index contributed by atoms with van der Waals surface area (Å²) in [5, 5.41) is 11.2. The quantitative estimate of drug-likeness (QED) is 0.519. The minimum absolute atomic E-state index is 0.124. The fourth-order valence-corrected chi connectivity index (χ4v) is 3.40. The zero-order valence-corrected chi connectivity index (χ0v) is 17.9. The Labute approximate surface area is 175 Å². The third-order valence-corrected chi connectivity index (χ3v) is 5.01. The summed E-state index contributed by atoms with van der Waals surface area (Å²) in [4.78, 5) is 12.2. The molecule has 0 saturated heterocycles. The van der Waals surface area contributed by atoms with Crippen LogP contribution in [0.4, 0.5) is 5.69 Å². The van der Waals surface area contributed by atoms with Crippen molar-refractivity contribution in [3.05, 3.63) is 65.0 Å². The summed E-state index contributed by atoms with van der Waals surface area (Å²) in [6, 6.07) is 13.9. The number of aryl methyl sites for hydroxylation is 2. The lowest BCUT2D eigenvalue weighted by Crippen LogP contribution is -2.14. The van der Waals surface area contributed by atoms with Gasteiger partial charge < -0.3 is 14.5 Å². The maximum absolute atomic E-state index is 12.2. The fraction of sp³-hybridized carbons (Fsp3) is 0.318. The zero-order valence-electron chi connectivity index (χ0n) is 17.1. The van der Waals surface area contributed by atoms with E-state index in [0.717, 1.165) is 22.6 Å². The fourth-order valence-electron chi connectivity index (χ4n) is 2.82. The average molecular weight is 412 g/mol. The van der Waals surface area contributed by atoms with Crippen LogP contribution in [0.15, 0.2) is 52.1 Å². The Kier molecular flexibility index (Phi) is 6.93. The van der Waals surface area contributed by atoms with E-state index in [4.69, 9.17) is 9.15 Å². The van der Waals surface area contributed by atoms with Crippen molar-refractivity contribution in [2.24, 2.45) is 0 Å². The van der Waals surface area contributed by atoms with E-state index in [0.29, 0.717) is 17.0 Å². The van der Waals surface area contributed by atoms with Gasteiger partial charge in [0.2, 0.25) is 5.91 Å². The summed E-state index contributed by atoms with van der Waals surface area (Å²) in [5.74, 6) is 1.66. The number of anilines is 1. The first-order chi connectivity index (χ1) is 13.9. The van der Waals surface area contributed by atoms with Crippen LogP contribution in [0.3, 0.4) is 0 Å². The highest BCUT2D eigenvalue weighted by Gasteiger charge is 2.11. The molecule has 0 radical (unpaired) electrons. The highest BCUT2D eigenvalue weighted by atomic mass is 32.2. The van der Waals surface area contributed by atoms with Gasteiger partial charge in [0, 0.05) is 5.69 Å². The van der Waals surface area contributed by atoms with Gasteiger partial charge in [-0.2, -0.15) is 0 Å². The second kappa shape index (κ2) is 9.60. The van der Waals surface area contributed by atoms with Gasteiger partial charge in [0.1, 0.15) is 5.75 Å². The van der Waals surface area contributed by atoms with E-state index < -0.39 is 0 Å². The van der Waals surface area contributed by atoms with Gasteiger partial charge >= 0.3 is 0 Å². The van der Waals surface area contributed by atoms with E-state index in [-0.39, 0.29) is 18.3 Å². The van der Waals surface area contributed by atoms with E-state index in [1.165, 1.54) is 17.3 Å². The first kappa shape index (κ1) is 20.9. The molecule has 29 heavy (non-hydrogen) atoms. The normalized spacial score (nSPS) is 10.9. The number of nitrogens with one attached hydrogen (secondary N) is 1. The molecule has 0 saturated carbocycles. The molecule has 6 nitrogen and oxygen atoms in total. The van der Waals surface area contributed by atoms with Crippen molar-refractivity contribution in [2.75, 3.05) is 11.1 Å². The third-order valence-electron chi connectivity index (χ3n) is 4.19. The van der Waals surface area contributed by atoms with Gasteiger partial charge in [0.05, 0.1) is 5.75 Å². The molecule has 0 aliphatic heterocycles. The highest BCUT2D eigenvalue weighted by Crippen LogP contribution is 2.21. The largest absolute Gasteiger partial charge is 0.484 e. The Balaban J connectivity index is 1.46. The Morgan fingerprint density at radius 3 is 2.45 bits per heavy atom. The molecule has 152 valence electrons. The van der Waals surface area contributed by atoms with E-state index in [1.807, 2.05) is 50.2 Å². The highest BCUT2D eigenvalue weighted by molar-refractivity contribution is 7.99. The number of thioether (sulfide) groups is 1. The van der Waals surface area contributed by atoms with E-state index in [2.05, 4.69) is 35.4 Å². The number of hydrogen-bond acceptors (Lipinski definition) is 6.